The molecule has 9 aromatic carbocycles. The summed E-state index contributed by atoms with van der Waals surface area (Å²) in [7, 11) is 0. The molecule has 0 unspecified atom stereocenters. The third-order valence-corrected chi connectivity index (χ3v) is 14.1. The molecule has 0 amide bonds. The van der Waals surface area contributed by atoms with E-state index in [0.717, 1.165) is 71.4 Å². The molecule has 0 N–H and O–H groups in total. The van der Waals surface area contributed by atoms with Gasteiger partial charge in [0.2, 0.25) is 0 Å². The van der Waals surface area contributed by atoms with Crippen LogP contribution in [0.2, 0.25) is 0 Å². The minimum atomic E-state index is 0.459. The van der Waals surface area contributed by atoms with Crippen LogP contribution < -0.4 is 9.80 Å². The fraction of sp³-hybridized carbons (Fsp3) is 0.194. The van der Waals surface area contributed by atoms with Crippen LogP contribution in [0.4, 0.5) is 34.1 Å². The number of hydrogen-bond donors (Lipinski definition) is 0. The van der Waals surface area contributed by atoms with Crippen LogP contribution in [0.15, 0.2) is 154 Å². The molecule has 0 bridgehead atoms. The molecule has 0 fully saturated rings. The number of nitrogens with zero attached hydrogens (tertiary/aromatic N) is 2. The molecule has 0 aliphatic carbocycles. The summed E-state index contributed by atoms with van der Waals surface area (Å²) in [5, 5.41) is 8.81. The van der Waals surface area contributed by atoms with Crippen molar-refractivity contribution in [3.63, 3.8) is 0 Å². The third-order valence-electron chi connectivity index (χ3n) is 14.1. The Morgan fingerprint density at radius 2 is 0.833 bits per heavy atom. The molecule has 0 saturated carbocycles. The number of benzene rings is 9. The van der Waals surface area contributed by atoms with Crippen LogP contribution in [0.5, 0.6) is 0 Å². The van der Waals surface area contributed by atoms with Crippen LogP contribution in [0, 0.1) is 41.5 Å². The summed E-state index contributed by atoms with van der Waals surface area (Å²) in [6.45, 7) is 22.3. The number of aryl methyl sites for hydroxylation is 6. The molecule has 66 heavy (non-hydrogen) atoms. The minimum Gasteiger partial charge on any atom is -0.456 e. The number of rotatable bonds is 8. The van der Waals surface area contributed by atoms with Gasteiger partial charge < -0.3 is 18.6 Å². The van der Waals surface area contributed by atoms with Gasteiger partial charge in [0.05, 0.1) is 16.8 Å². The molecule has 0 atom stereocenters. The first-order valence-corrected chi connectivity index (χ1v) is 23.5. The highest BCUT2D eigenvalue weighted by molar-refractivity contribution is 6.24. The Balaban J connectivity index is 1.04. The zero-order chi connectivity index (χ0) is 45.7. The Morgan fingerprint density at radius 3 is 1.30 bits per heavy atom. The second kappa shape index (κ2) is 15.7. The van der Waals surface area contributed by atoms with Crippen molar-refractivity contribution in [1.29, 1.82) is 0 Å². The van der Waals surface area contributed by atoms with E-state index in [4.69, 9.17) is 8.83 Å². The SMILES string of the molecule is Cc1cc(C(C)C)ccc1N(c1ccc2cc3c(cc2c1)oc1c3ccc2oc3cc4cc(N(c5ccc(C(C)C)cc5C)c5c(C)cccc5C)ccc4cc3c21)c1c(C)cccc1C. The lowest BCUT2D eigenvalue weighted by Crippen LogP contribution is -2.14. The van der Waals surface area contributed by atoms with Crippen LogP contribution in [0.25, 0.3) is 65.4 Å². The fourth-order valence-electron chi connectivity index (χ4n) is 10.5. The van der Waals surface area contributed by atoms with E-state index in [0.29, 0.717) is 11.8 Å². The molecule has 0 aliphatic rings. The molecule has 0 saturated heterocycles. The van der Waals surface area contributed by atoms with Gasteiger partial charge in [-0.3, -0.25) is 0 Å². The first kappa shape index (κ1) is 41.4. The number of hydrogen-bond acceptors (Lipinski definition) is 4. The summed E-state index contributed by atoms with van der Waals surface area (Å²) < 4.78 is 13.6. The van der Waals surface area contributed by atoms with Crippen molar-refractivity contribution in [3.05, 3.63) is 190 Å². The van der Waals surface area contributed by atoms with E-state index in [1.54, 1.807) is 0 Å². The summed E-state index contributed by atoms with van der Waals surface area (Å²) >= 11 is 0. The number of fused-ring (bicyclic) bond motifs is 9. The second-order valence-electron chi connectivity index (χ2n) is 19.3. The predicted molar refractivity (Wildman–Crippen MR) is 282 cm³/mol. The van der Waals surface area contributed by atoms with Gasteiger partial charge in [0.15, 0.2) is 0 Å². The average Bonchev–Trinajstić information content (AvgIpc) is 3.84. The summed E-state index contributed by atoms with van der Waals surface area (Å²) in [5.41, 5.74) is 20.5. The highest BCUT2D eigenvalue weighted by Gasteiger charge is 2.23. The Bertz CT molecular complexity index is 3710. The fourth-order valence-corrected chi connectivity index (χ4v) is 10.5. The standard InChI is InChI=1S/C62H56N2O2/c1-35(2)43-19-24-54(41(9)27-43)63(60-37(5)13-11-14-38(60)6)49-21-17-45-31-52-51-23-26-56-59(62(51)66-57(52)33-47(45)29-49)53-32-46-18-22-50(30-48(46)34-58(53)65-56)64(61-39(7)15-12-16-40(61)8)55-25-20-44(36(3)4)28-42(55)10/h11-36H,1-10H3. The summed E-state index contributed by atoms with van der Waals surface area (Å²) in [4.78, 5) is 4.87. The first-order valence-electron chi connectivity index (χ1n) is 23.5. The maximum absolute atomic E-state index is 6.94. The lowest BCUT2D eigenvalue weighted by molar-refractivity contribution is 0.663. The van der Waals surface area contributed by atoms with Crippen LogP contribution in [-0.4, -0.2) is 0 Å². The molecule has 11 aromatic rings. The lowest BCUT2D eigenvalue weighted by atomic mass is 9.98. The smallest absolute Gasteiger partial charge is 0.147 e. The number of furan rings is 2. The molecule has 2 heterocycles. The maximum atomic E-state index is 6.94. The van der Waals surface area contributed by atoms with E-state index >= 15 is 0 Å². The zero-order valence-electron chi connectivity index (χ0n) is 39.7. The van der Waals surface area contributed by atoms with Gasteiger partial charge in [-0.15, -0.1) is 0 Å². The summed E-state index contributed by atoms with van der Waals surface area (Å²) in [5.74, 6) is 0.918. The Morgan fingerprint density at radius 1 is 0.364 bits per heavy atom. The van der Waals surface area contributed by atoms with Crippen LogP contribution in [-0.2, 0) is 0 Å². The van der Waals surface area contributed by atoms with Crippen LogP contribution in [0.3, 0.4) is 0 Å². The van der Waals surface area contributed by atoms with Gasteiger partial charge in [-0.05, 0) is 192 Å². The molecule has 4 nitrogen and oxygen atoms in total. The Kier molecular flexibility index (Phi) is 9.85. The van der Waals surface area contributed by atoms with Crippen molar-refractivity contribution in [2.24, 2.45) is 0 Å². The number of anilines is 6. The van der Waals surface area contributed by atoms with Gasteiger partial charge in [-0.25, -0.2) is 0 Å². The highest BCUT2D eigenvalue weighted by atomic mass is 16.3. The molecule has 4 heteroatoms. The highest BCUT2D eigenvalue weighted by Crippen LogP contribution is 2.46. The molecule has 2 aromatic heterocycles. The Labute approximate surface area is 387 Å². The molecule has 326 valence electrons. The predicted octanol–water partition coefficient (Wildman–Crippen LogP) is 18.8. The van der Waals surface area contributed by atoms with Gasteiger partial charge in [0, 0.05) is 38.9 Å². The quantitative estimate of drug-likeness (QED) is 0.152. The molecule has 0 radical (unpaired) electrons. The molecule has 0 spiro atoms. The van der Waals surface area contributed by atoms with Crippen LogP contribution >= 0.6 is 0 Å². The van der Waals surface area contributed by atoms with Crippen molar-refractivity contribution in [3.8, 4) is 0 Å². The van der Waals surface area contributed by atoms with Crippen LogP contribution in [0.1, 0.15) is 84.0 Å². The van der Waals surface area contributed by atoms with E-state index in [1.165, 1.54) is 72.6 Å². The molecule has 0 aliphatic heterocycles. The first-order chi connectivity index (χ1) is 31.8. The second-order valence-corrected chi connectivity index (χ2v) is 19.3. The van der Waals surface area contributed by atoms with E-state index in [-0.39, 0.29) is 0 Å². The monoisotopic (exact) mass is 860 g/mol. The zero-order valence-corrected chi connectivity index (χ0v) is 39.7. The van der Waals surface area contributed by atoms with E-state index < -0.39 is 0 Å². The molecular weight excluding hydrogens is 805 g/mol. The lowest BCUT2D eigenvalue weighted by Gasteiger charge is -2.30. The normalized spacial score (nSPS) is 12.1. The van der Waals surface area contributed by atoms with Crippen molar-refractivity contribution in [2.45, 2.75) is 81.1 Å². The maximum Gasteiger partial charge on any atom is 0.147 e. The summed E-state index contributed by atoms with van der Waals surface area (Å²) in [6, 6.07) is 53.9. The average molecular weight is 861 g/mol. The van der Waals surface area contributed by atoms with Gasteiger partial charge in [0.1, 0.15) is 22.3 Å². The van der Waals surface area contributed by atoms with Crippen molar-refractivity contribution in [1.82, 2.24) is 0 Å². The molecular formula is C62H56N2O2. The largest absolute Gasteiger partial charge is 0.456 e. The van der Waals surface area contributed by atoms with Gasteiger partial charge in [-0.1, -0.05) is 100 Å². The van der Waals surface area contributed by atoms with E-state index in [9.17, 15) is 0 Å². The topological polar surface area (TPSA) is 32.8 Å². The van der Waals surface area contributed by atoms with Gasteiger partial charge in [0.25, 0.3) is 0 Å². The number of para-hydroxylation sites is 2. The summed E-state index contributed by atoms with van der Waals surface area (Å²) in [6.07, 6.45) is 0. The Hall–Kier alpha value is -7.30. The van der Waals surface area contributed by atoms with Crippen molar-refractivity contribution in [2.75, 3.05) is 9.80 Å². The van der Waals surface area contributed by atoms with Crippen molar-refractivity contribution >= 4 is 99.5 Å². The van der Waals surface area contributed by atoms with Gasteiger partial charge >= 0.3 is 0 Å². The molecule has 11 rings (SSSR count). The minimum absolute atomic E-state index is 0.459. The van der Waals surface area contributed by atoms with Gasteiger partial charge in [-0.2, -0.15) is 0 Å². The third kappa shape index (κ3) is 6.73. The van der Waals surface area contributed by atoms with E-state index in [1.807, 2.05) is 0 Å². The van der Waals surface area contributed by atoms with Crippen molar-refractivity contribution < 1.29 is 8.83 Å². The van der Waals surface area contributed by atoms with E-state index in [2.05, 4.69) is 225 Å².